The first kappa shape index (κ1) is 18.1. The Bertz CT molecular complexity index is 1250. The zero-order chi connectivity index (χ0) is 19.8. The quantitative estimate of drug-likeness (QED) is 0.426. The maximum atomic E-state index is 12.7. The summed E-state index contributed by atoms with van der Waals surface area (Å²) in [6.07, 6.45) is 3.18. The Hall–Kier alpha value is -3.26. The van der Waals surface area contributed by atoms with Gasteiger partial charge in [0.1, 0.15) is 11.2 Å². The molecule has 0 atom stereocenters. The van der Waals surface area contributed by atoms with E-state index in [0.717, 1.165) is 27.2 Å². The lowest BCUT2D eigenvalue weighted by Gasteiger charge is -2.08. The topological polar surface area (TPSA) is 77.1 Å². The second-order valence-electron chi connectivity index (χ2n) is 6.54. The van der Waals surface area contributed by atoms with Gasteiger partial charge >= 0.3 is 0 Å². The first-order valence-corrected chi connectivity index (χ1v) is 9.64. The fourth-order valence-corrected chi connectivity index (χ4v) is 4.21. The van der Waals surface area contributed by atoms with Gasteiger partial charge in [0, 0.05) is 17.5 Å². The summed E-state index contributed by atoms with van der Waals surface area (Å²) in [5, 5.41) is 5.33. The molecule has 0 amide bonds. The van der Waals surface area contributed by atoms with Crippen LogP contribution >= 0.6 is 11.3 Å². The van der Waals surface area contributed by atoms with E-state index in [0.29, 0.717) is 11.4 Å². The number of para-hydroxylation sites is 1. The first-order valence-electron chi connectivity index (χ1n) is 8.83. The second-order valence-corrected chi connectivity index (χ2v) is 7.75. The highest BCUT2D eigenvalue weighted by molar-refractivity contribution is 7.18. The van der Waals surface area contributed by atoms with Crippen LogP contribution in [0.3, 0.4) is 0 Å². The lowest BCUT2D eigenvalue weighted by atomic mass is 10.2. The minimum absolute atomic E-state index is 0.0659. The van der Waals surface area contributed by atoms with Gasteiger partial charge in [-0.25, -0.2) is 14.6 Å². The number of fused-ring (bicyclic) bond motifs is 1. The molecule has 0 bridgehead atoms. The van der Waals surface area contributed by atoms with Crippen LogP contribution in [0, 0.1) is 20.8 Å². The van der Waals surface area contributed by atoms with Crippen molar-refractivity contribution in [3.63, 3.8) is 0 Å². The Labute approximate surface area is 166 Å². The second kappa shape index (κ2) is 7.05. The van der Waals surface area contributed by atoms with Crippen LogP contribution < -0.4 is 11.0 Å². The maximum Gasteiger partial charge on any atom is 0.274 e. The van der Waals surface area contributed by atoms with Crippen molar-refractivity contribution in [1.82, 2.24) is 19.3 Å². The van der Waals surface area contributed by atoms with Crippen LogP contribution in [0.1, 0.15) is 21.7 Å². The minimum Gasteiger partial charge on any atom is -0.279 e. The number of nitrogens with one attached hydrogen (secondary N) is 1. The third-order valence-corrected chi connectivity index (χ3v) is 5.98. The predicted molar refractivity (Wildman–Crippen MR) is 114 cm³/mol. The third kappa shape index (κ3) is 2.91. The molecule has 0 aliphatic rings. The summed E-state index contributed by atoms with van der Waals surface area (Å²) < 4.78 is 3.43. The van der Waals surface area contributed by atoms with Gasteiger partial charge in [0.05, 0.1) is 23.0 Å². The molecule has 4 aromatic rings. The number of aromatic nitrogens is 4. The summed E-state index contributed by atoms with van der Waals surface area (Å²) >= 11 is 1.64. The van der Waals surface area contributed by atoms with E-state index in [2.05, 4.69) is 34.3 Å². The van der Waals surface area contributed by atoms with E-state index in [4.69, 9.17) is 0 Å². The van der Waals surface area contributed by atoms with Crippen LogP contribution in [-0.4, -0.2) is 25.5 Å². The van der Waals surface area contributed by atoms with E-state index < -0.39 is 0 Å². The van der Waals surface area contributed by atoms with Crippen molar-refractivity contribution in [2.45, 2.75) is 20.8 Å². The largest absolute Gasteiger partial charge is 0.279 e. The van der Waals surface area contributed by atoms with Crippen molar-refractivity contribution < 1.29 is 0 Å². The molecule has 0 unspecified atom stereocenters. The van der Waals surface area contributed by atoms with Crippen LogP contribution in [0.4, 0.5) is 5.82 Å². The molecule has 0 aliphatic heterocycles. The molecule has 3 heterocycles. The fourth-order valence-electron chi connectivity index (χ4n) is 3.22. The summed E-state index contributed by atoms with van der Waals surface area (Å²) in [6.45, 7) is 5.93. The van der Waals surface area contributed by atoms with Crippen LogP contribution in [0.2, 0.25) is 0 Å². The van der Waals surface area contributed by atoms with Gasteiger partial charge in [0.25, 0.3) is 5.56 Å². The maximum absolute atomic E-state index is 12.7. The lowest BCUT2D eigenvalue weighted by Crippen LogP contribution is -2.20. The molecular weight excluding hydrogens is 372 g/mol. The van der Waals surface area contributed by atoms with Gasteiger partial charge < -0.3 is 0 Å². The van der Waals surface area contributed by atoms with Gasteiger partial charge in [-0.05, 0) is 38.5 Å². The van der Waals surface area contributed by atoms with Crippen molar-refractivity contribution >= 4 is 33.6 Å². The van der Waals surface area contributed by atoms with Gasteiger partial charge in [-0.15, -0.1) is 11.3 Å². The number of nitrogens with zero attached hydrogens (tertiary/aromatic N) is 5. The molecule has 0 aliphatic carbocycles. The minimum atomic E-state index is -0.0659. The first-order chi connectivity index (χ1) is 13.5. The number of aryl methyl sites for hydroxylation is 2. The van der Waals surface area contributed by atoms with Gasteiger partial charge in [-0.2, -0.15) is 5.10 Å². The molecule has 28 heavy (non-hydrogen) atoms. The van der Waals surface area contributed by atoms with Gasteiger partial charge in [-0.1, -0.05) is 18.2 Å². The summed E-state index contributed by atoms with van der Waals surface area (Å²) in [6, 6.07) is 9.54. The van der Waals surface area contributed by atoms with E-state index in [1.54, 1.807) is 33.8 Å². The smallest absolute Gasteiger partial charge is 0.274 e. The molecule has 1 aromatic carbocycles. The molecule has 142 valence electrons. The molecule has 0 spiro atoms. The molecule has 1 N–H and O–H groups in total. The van der Waals surface area contributed by atoms with E-state index in [1.165, 1.54) is 11.2 Å². The molecule has 3 aromatic heterocycles. The Balaban J connectivity index is 1.70. The summed E-state index contributed by atoms with van der Waals surface area (Å²) in [5.74, 6) is 0.660. The number of thiophene rings is 1. The Morgan fingerprint density at radius 1 is 1.11 bits per heavy atom. The average Bonchev–Trinajstić information content (AvgIpc) is 3.10. The number of hydrogen-bond acceptors (Lipinski definition) is 6. The van der Waals surface area contributed by atoms with Crippen LogP contribution in [0.25, 0.3) is 15.9 Å². The van der Waals surface area contributed by atoms with Crippen molar-refractivity contribution in [3.05, 3.63) is 68.7 Å². The normalized spacial score (nSPS) is 11.6. The Kier molecular flexibility index (Phi) is 4.56. The Morgan fingerprint density at radius 3 is 2.61 bits per heavy atom. The molecule has 4 rings (SSSR count). The van der Waals surface area contributed by atoms with Crippen LogP contribution in [-0.2, 0) is 7.05 Å². The van der Waals surface area contributed by atoms with E-state index in [9.17, 15) is 4.79 Å². The van der Waals surface area contributed by atoms with Crippen molar-refractivity contribution in [2.24, 2.45) is 12.1 Å². The van der Waals surface area contributed by atoms with Crippen LogP contribution in [0.5, 0.6) is 0 Å². The fraction of sp³-hybridized carbons (Fsp3) is 0.200. The van der Waals surface area contributed by atoms with Crippen molar-refractivity contribution in [3.8, 4) is 5.69 Å². The highest BCUT2D eigenvalue weighted by Gasteiger charge is 2.15. The van der Waals surface area contributed by atoms with Gasteiger partial charge in [-0.3, -0.25) is 14.9 Å². The van der Waals surface area contributed by atoms with Crippen molar-refractivity contribution in [1.29, 1.82) is 0 Å². The molecule has 0 saturated carbocycles. The number of hydrazone groups is 1. The van der Waals surface area contributed by atoms with E-state index in [1.807, 2.05) is 37.4 Å². The van der Waals surface area contributed by atoms with Crippen LogP contribution in [0.15, 0.2) is 46.6 Å². The van der Waals surface area contributed by atoms with E-state index >= 15 is 0 Å². The lowest BCUT2D eigenvalue weighted by molar-refractivity contribution is 0.643. The summed E-state index contributed by atoms with van der Waals surface area (Å²) in [4.78, 5) is 23.5. The third-order valence-electron chi connectivity index (χ3n) is 4.87. The average molecular weight is 392 g/mol. The Morgan fingerprint density at radius 2 is 1.86 bits per heavy atom. The van der Waals surface area contributed by atoms with E-state index in [-0.39, 0.29) is 5.56 Å². The van der Waals surface area contributed by atoms with Gasteiger partial charge in [0.2, 0.25) is 0 Å². The molecule has 0 radical (unpaired) electrons. The molecular formula is C20H20N6OS. The number of anilines is 1. The highest BCUT2D eigenvalue weighted by atomic mass is 32.1. The summed E-state index contributed by atoms with van der Waals surface area (Å²) in [7, 11) is 1.85. The van der Waals surface area contributed by atoms with Gasteiger partial charge in [0.15, 0.2) is 5.82 Å². The monoisotopic (exact) mass is 392 g/mol. The summed E-state index contributed by atoms with van der Waals surface area (Å²) in [5.41, 5.74) is 6.27. The number of benzene rings is 1. The standard InChI is InChI=1S/C20H20N6OS/c1-12-14(3)28-19-17(12)18(21-11-22-19)24-23-10-16-13(2)20(27)26(25(16)4)15-8-6-5-7-9-15/h5-11H,1-4H3,(H,21,22,24)/b23-10-. The molecule has 0 fully saturated rings. The molecule has 7 nitrogen and oxygen atoms in total. The predicted octanol–water partition coefficient (Wildman–Crippen LogP) is 3.55. The zero-order valence-electron chi connectivity index (χ0n) is 16.1. The SMILES string of the molecule is Cc1sc2ncnc(N/N=C\c3c(C)c(=O)n(-c4ccccc4)n3C)c2c1C. The number of hydrogen-bond donors (Lipinski definition) is 1. The highest BCUT2D eigenvalue weighted by Crippen LogP contribution is 2.32. The number of rotatable bonds is 4. The molecule has 0 saturated heterocycles. The molecule has 8 heteroatoms. The van der Waals surface area contributed by atoms with Crippen molar-refractivity contribution in [2.75, 3.05) is 5.43 Å². The zero-order valence-corrected chi connectivity index (χ0v) is 16.9.